The SMILES string of the molecule is CSc1nccc(N2CCC[C@@H]2CNC(=O)OC(C)(C)C)n1. The Labute approximate surface area is 136 Å². The topological polar surface area (TPSA) is 67.4 Å². The Kier molecular flexibility index (Phi) is 5.50. The summed E-state index contributed by atoms with van der Waals surface area (Å²) < 4.78 is 5.28. The van der Waals surface area contributed by atoms with E-state index in [1.807, 2.05) is 33.1 Å². The fourth-order valence-corrected chi connectivity index (χ4v) is 2.81. The van der Waals surface area contributed by atoms with Crippen molar-refractivity contribution >= 4 is 23.7 Å². The fraction of sp³-hybridized carbons (Fsp3) is 0.667. The monoisotopic (exact) mass is 324 g/mol. The van der Waals surface area contributed by atoms with Gasteiger partial charge in [0.1, 0.15) is 11.4 Å². The molecule has 0 unspecified atom stereocenters. The first-order valence-corrected chi connectivity index (χ1v) is 8.72. The van der Waals surface area contributed by atoms with Gasteiger partial charge in [-0.25, -0.2) is 14.8 Å². The lowest BCUT2D eigenvalue weighted by atomic mass is 10.2. The van der Waals surface area contributed by atoms with Crippen molar-refractivity contribution in [3.05, 3.63) is 12.3 Å². The molecule has 0 bridgehead atoms. The average Bonchev–Trinajstić information content (AvgIpc) is 2.92. The number of ether oxygens (including phenoxy) is 1. The molecule has 0 aliphatic carbocycles. The third-order valence-corrected chi connectivity index (χ3v) is 3.92. The molecule has 2 heterocycles. The first-order chi connectivity index (χ1) is 10.4. The van der Waals surface area contributed by atoms with Crippen molar-refractivity contribution < 1.29 is 9.53 Å². The number of nitrogens with one attached hydrogen (secondary N) is 1. The number of carbonyl (C=O) groups is 1. The molecule has 0 spiro atoms. The van der Waals surface area contributed by atoms with Gasteiger partial charge in [-0.15, -0.1) is 0 Å². The van der Waals surface area contributed by atoms with Crippen LogP contribution in [0.3, 0.4) is 0 Å². The molecule has 1 aliphatic rings. The van der Waals surface area contributed by atoms with E-state index < -0.39 is 5.60 Å². The molecule has 0 saturated carbocycles. The van der Waals surface area contributed by atoms with Gasteiger partial charge in [-0.3, -0.25) is 0 Å². The van der Waals surface area contributed by atoms with Crippen LogP contribution in [0.2, 0.25) is 0 Å². The number of anilines is 1. The van der Waals surface area contributed by atoms with E-state index in [0.717, 1.165) is 30.4 Å². The highest BCUT2D eigenvalue weighted by molar-refractivity contribution is 7.98. The number of alkyl carbamates (subject to hydrolysis) is 1. The lowest BCUT2D eigenvalue weighted by molar-refractivity contribution is 0.0525. The zero-order chi connectivity index (χ0) is 16.2. The van der Waals surface area contributed by atoms with Crippen molar-refractivity contribution in [2.75, 3.05) is 24.2 Å². The molecular weight excluding hydrogens is 300 g/mol. The highest BCUT2D eigenvalue weighted by Gasteiger charge is 2.27. The average molecular weight is 324 g/mol. The molecule has 1 aromatic rings. The highest BCUT2D eigenvalue weighted by Crippen LogP contribution is 2.24. The number of rotatable bonds is 4. The van der Waals surface area contributed by atoms with E-state index in [9.17, 15) is 4.79 Å². The third kappa shape index (κ3) is 4.76. The molecule has 0 radical (unpaired) electrons. The zero-order valence-corrected chi connectivity index (χ0v) is 14.4. The van der Waals surface area contributed by atoms with Gasteiger partial charge in [0.15, 0.2) is 5.16 Å². The van der Waals surface area contributed by atoms with Crippen molar-refractivity contribution in [1.29, 1.82) is 0 Å². The van der Waals surface area contributed by atoms with Crippen molar-refractivity contribution in [1.82, 2.24) is 15.3 Å². The first kappa shape index (κ1) is 16.9. The fourth-order valence-electron chi connectivity index (χ4n) is 2.45. The summed E-state index contributed by atoms with van der Waals surface area (Å²) >= 11 is 1.53. The Hall–Kier alpha value is -1.50. The minimum absolute atomic E-state index is 0.247. The van der Waals surface area contributed by atoms with Crippen molar-refractivity contribution in [2.45, 2.75) is 50.4 Å². The zero-order valence-electron chi connectivity index (χ0n) is 13.6. The number of hydrogen-bond donors (Lipinski definition) is 1. The minimum atomic E-state index is -0.473. The molecule has 22 heavy (non-hydrogen) atoms. The molecule has 2 rings (SSSR count). The normalized spacial score (nSPS) is 18.4. The maximum atomic E-state index is 11.8. The van der Waals surface area contributed by atoms with E-state index in [1.165, 1.54) is 11.8 Å². The van der Waals surface area contributed by atoms with Gasteiger partial charge in [-0.1, -0.05) is 11.8 Å². The number of amides is 1. The predicted molar refractivity (Wildman–Crippen MR) is 88.4 cm³/mol. The second kappa shape index (κ2) is 7.17. The Morgan fingerprint density at radius 1 is 1.55 bits per heavy atom. The van der Waals surface area contributed by atoms with Gasteiger partial charge in [0.2, 0.25) is 0 Å². The van der Waals surface area contributed by atoms with E-state index >= 15 is 0 Å². The number of nitrogens with zero attached hydrogens (tertiary/aromatic N) is 3. The second-order valence-corrected chi connectivity index (χ2v) is 7.05. The number of thioether (sulfide) groups is 1. The standard InChI is InChI=1S/C15H24N4O2S/c1-15(2,3)21-14(20)17-10-11-6-5-9-19(11)12-7-8-16-13(18-12)22-4/h7-8,11H,5-6,9-10H2,1-4H3,(H,17,20)/t11-/m1/s1. The summed E-state index contributed by atoms with van der Waals surface area (Å²) in [5.41, 5.74) is -0.473. The van der Waals surface area contributed by atoms with Gasteiger partial charge in [-0.2, -0.15) is 0 Å². The molecule has 0 aromatic carbocycles. The van der Waals surface area contributed by atoms with Crippen LogP contribution < -0.4 is 10.2 Å². The molecular formula is C15H24N4O2S. The number of hydrogen-bond acceptors (Lipinski definition) is 6. The van der Waals surface area contributed by atoms with Crippen LogP contribution in [0, 0.1) is 0 Å². The predicted octanol–water partition coefficient (Wildman–Crippen LogP) is 2.69. The largest absolute Gasteiger partial charge is 0.444 e. The number of aromatic nitrogens is 2. The Bertz CT molecular complexity index is 519. The van der Waals surface area contributed by atoms with Crippen LogP contribution >= 0.6 is 11.8 Å². The van der Waals surface area contributed by atoms with E-state index in [2.05, 4.69) is 20.2 Å². The number of carbonyl (C=O) groups excluding carboxylic acids is 1. The van der Waals surface area contributed by atoms with Crippen molar-refractivity contribution in [3.63, 3.8) is 0 Å². The molecule has 1 fully saturated rings. The third-order valence-electron chi connectivity index (χ3n) is 3.35. The Morgan fingerprint density at radius 2 is 2.32 bits per heavy atom. The van der Waals surface area contributed by atoms with Gasteiger partial charge >= 0.3 is 6.09 Å². The summed E-state index contributed by atoms with van der Waals surface area (Å²) in [6.07, 6.45) is 5.51. The van der Waals surface area contributed by atoms with Crippen molar-refractivity contribution in [3.8, 4) is 0 Å². The van der Waals surface area contributed by atoms with Gasteiger partial charge in [-0.05, 0) is 45.9 Å². The molecule has 1 saturated heterocycles. The summed E-state index contributed by atoms with van der Waals surface area (Å²) in [4.78, 5) is 22.8. The summed E-state index contributed by atoms with van der Waals surface area (Å²) in [6, 6.07) is 2.17. The second-order valence-electron chi connectivity index (χ2n) is 6.27. The van der Waals surface area contributed by atoms with Gasteiger partial charge in [0, 0.05) is 25.3 Å². The lowest BCUT2D eigenvalue weighted by Gasteiger charge is -2.27. The van der Waals surface area contributed by atoms with Crippen molar-refractivity contribution in [2.24, 2.45) is 0 Å². The molecule has 1 amide bonds. The van der Waals surface area contributed by atoms with Crippen LogP contribution in [0.5, 0.6) is 0 Å². The highest BCUT2D eigenvalue weighted by atomic mass is 32.2. The van der Waals surface area contributed by atoms with Gasteiger partial charge in [0.05, 0.1) is 0 Å². The van der Waals surface area contributed by atoms with Crippen LogP contribution in [-0.2, 0) is 4.74 Å². The smallest absolute Gasteiger partial charge is 0.407 e. The van der Waals surface area contributed by atoms with E-state index in [0.29, 0.717) is 6.54 Å². The molecule has 1 N–H and O–H groups in total. The lowest BCUT2D eigenvalue weighted by Crippen LogP contribution is -2.42. The Morgan fingerprint density at radius 3 is 3.00 bits per heavy atom. The summed E-state index contributed by atoms with van der Waals surface area (Å²) in [5.74, 6) is 0.924. The molecule has 1 atom stereocenters. The summed E-state index contributed by atoms with van der Waals surface area (Å²) in [7, 11) is 0. The van der Waals surface area contributed by atoms with E-state index in [-0.39, 0.29) is 12.1 Å². The van der Waals surface area contributed by atoms with Gasteiger partial charge in [0.25, 0.3) is 0 Å². The summed E-state index contributed by atoms with van der Waals surface area (Å²) in [6.45, 7) is 7.09. The quantitative estimate of drug-likeness (QED) is 0.678. The van der Waals surface area contributed by atoms with Crippen LogP contribution in [-0.4, -0.2) is 47.0 Å². The Balaban J connectivity index is 1.94. The minimum Gasteiger partial charge on any atom is -0.444 e. The molecule has 1 aliphatic heterocycles. The van der Waals surface area contributed by atoms with Crippen LogP contribution in [0.4, 0.5) is 10.6 Å². The molecule has 122 valence electrons. The van der Waals surface area contributed by atoms with Crippen LogP contribution in [0.1, 0.15) is 33.6 Å². The van der Waals surface area contributed by atoms with Gasteiger partial charge < -0.3 is 15.0 Å². The van der Waals surface area contributed by atoms with E-state index in [4.69, 9.17) is 4.74 Å². The van der Waals surface area contributed by atoms with Crippen LogP contribution in [0.15, 0.2) is 17.4 Å². The first-order valence-electron chi connectivity index (χ1n) is 7.49. The molecule has 7 heteroatoms. The molecule has 1 aromatic heterocycles. The van der Waals surface area contributed by atoms with Crippen LogP contribution in [0.25, 0.3) is 0 Å². The molecule has 6 nitrogen and oxygen atoms in total. The maximum absolute atomic E-state index is 11.8. The maximum Gasteiger partial charge on any atom is 0.407 e. The summed E-state index contributed by atoms with van der Waals surface area (Å²) in [5, 5.41) is 3.62. The van der Waals surface area contributed by atoms with E-state index in [1.54, 1.807) is 6.20 Å².